The highest BCUT2D eigenvalue weighted by atomic mass is 16.6. The number of esters is 1. The molecule has 1 N–H and O–H groups in total. The lowest BCUT2D eigenvalue weighted by atomic mass is 9.79. The van der Waals surface area contributed by atoms with Crippen LogP contribution in [0.25, 0.3) is 0 Å². The van der Waals surface area contributed by atoms with Crippen LogP contribution in [0, 0.1) is 23.7 Å². The topological polar surface area (TPSA) is 55.4 Å². The summed E-state index contributed by atoms with van der Waals surface area (Å²) in [5.41, 5.74) is 0. The Kier molecular flexibility index (Phi) is 2.61. The number of hydrogen-bond donors (Lipinski definition) is 1. The van der Waals surface area contributed by atoms with E-state index in [2.05, 4.69) is 5.32 Å². The minimum Gasteiger partial charge on any atom is -0.462 e. The van der Waals surface area contributed by atoms with E-state index in [0.717, 1.165) is 25.7 Å². The number of fused-ring (bicyclic) bond motifs is 1. The van der Waals surface area contributed by atoms with E-state index in [9.17, 15) is 9.59 Å². The normalized spacial score (nSPS) is 44.4. The fourth-order valence-corrected chi connectivity index (χ4v) is 4.91. The highest BCUT2D eigenvalue weighted by Gasteiger charge is 2.63. The maximum atomic E-state index is 12.5. The van der Waals surface area contributed by atoms with Crippen molar-refractivity contribution >= 4 is 11.9 Å². The number of nitrogens with one attached hydrogen (secondary N) is 1. The van der Waals surface area contributed by atoms with Crippen molar-refractivity contribution in [3.63, 3.8) is 0 Å². The molecule has 0 aromatic heterocycles. The molecule has 0 unspecified atom stereocenters. The van der Waals surface area contributed by atoms with Crippen LogP contribution in [0.5, 0.6) is 0 Å². The zero-order valence-corrected chi connectivity index (χ0v) is 11.1. The number of ether oxygens (including phenoxy) is 1. The standard InChI is InChI=1S/C15H21NO3/c17-14(16-9-4-2-1-3-5-9)12-8-6-10-11(7-8)19-15(18)13(10)12/h8-13H,1-7H2,(H,16,17)/t8-,10-,11+,12+,13-/m0/s1. The van der Waals surface area contributed by atoms with Gasteiger partial charge in [0.15, 0.2) is 0 Å². The molecule has 0 radical (unpaired) electrons. The van der Waals surface area contributed by atoms with E-state index in [4.69, 9.17) is 4.74 Å². The molecule has 19 heavy (non-hydrogen) atoms. The quantitative estimate of drug-likeness (QED) is 0.770. The third-order valence-electron chi connectivity index (χ3n) is 5.74. The molecule has 4 rings (SSSR count). The molecule has 2 bridgehead atoms. The molecular formula is C15H21NO3. The molecule has 4 fully saturated rings. The Morgan fingerprint density at radius 1 is 1.16 bits per heavy atom. The van der Waals surface area contributed by atoms with Crippen molar-refractivity contribution in [3.8, 4) is 0 Å². The summed E-state index contributed by atoms with van der Waals surface area (Å²) < 4.78 is 5.39. The van der Waals surface area contributed by atoms with E-state index in [-0.39, 0.29) is 29.8 Å². The highest BCUT2D eigenvalue weighted by molar-refractivity contribution is 5.88. The molecule has 1 amide bonds. The first-order chi connectivity index (χ1) is 9.24. The third kappa shape index (κ3) is 1.72. The molecule has 4 nitrogen and oxygen atoms in total. The highest BCUT2D eigenvalue weighted by Crippen LogP contribution is 2.57. The van der Waals surface area contributed by atoms with E-state index >= 15 is 0 Å². The predicted molar refractivity (Wildman–Crippen MR) is 68.1 cm³/mol. The van der Waals surface area contributed by atoms with Crippen molar-refractivity contribution in [1.82, 2.24) is 5.32 Å². The maximum absolute atomic E-state index is 12.5. The number of amides is 1. The lowest BCUT2D eigenvalue weighted by Crippen LogP contribution is -2.44. The maximum Gasteiger partial charge on any atom is 0.310 e. The Morgan fingerprint density at radius 2 is 1.95 bits per heavy atom. The lowest BCUT2D eigenvalue weighted by Gasteiger charge is -2.28. The molecule has 104 valence electrons. The summed E-state index contributed by atoms with van der Waals surface area (Å²) in [6.45, 7) is 0. The molecule has 1 heterocycles. The van der Waals surface area contributed by atoms with E-state index in [0.29, 0.717) is 17.9 Å². The van der Waals surface area contributed by atoms with Crippen molar-refractivity contribution in [2.24, 2.45) is 23.7 Å². The zero-order valence-electron chi connectivity index (χ0n) is 11.1. The first kappa shape index (κ1) is 11.7. The molecule has 4 heteroatoms. The number of carbonyl (C=O) groups excluding carboxylic acids is 2. The first-order valence-electron chi connectivity index (χ1n) is 7.75. The van der Waals surface area contributed by atoms with Gasteiger partial charge in [0, 0.05) is 12.0 Å². The van der Waals surface area contributed by atoms with Crippen LogP contribution >= 0.6 is 0 Å². The molecular weight excluding hydrogens is 242 g/mol. The lowest BCUT2D eigenvalue weighted by molar-refractivity contribution is -0.146. The Labute approximate surface area is 113 Å². The van der Waals surface area contributed by atoms with Gasteiger partial charge < -0.3 is 10.1 Å². The van der Waals surface area contributed by atoms with E-state index < -0.39 is 0 Å². The van der Waals surface area contributed by atoms with Crippen molar-refractivity contribution in [1.29, 1.82) is 0 Å². The van der Waals surface area contributed by atoms with E-state index in [1.807, 2.05) is 0 Å². The number of rotatable bonds is 2. The summed E-state index contributed by atoms with van der Waals surface area (Å²) in [5, 5.41) is 3.20. The van der Waals surface area contributed by atoms with Gasteiger partial charge >= 0.3 is 5.97 Å². The molecule has 0 aromatic carbocycles. The Morgan fingerprint density at radius 3 is 2.74 bits per heavy atom. The molecule has 5 atom stereocenters. The van der Waals surface area contributed by atoms with Gasteiger partial charge in [-0.05, 0) is 31.6 Å². The minimum atomic E-state index is -0.132. The van der Waals surface area contributed by atoms with Gasteiger partial charge in [0.25, 0.3) is 0 Å². The first-order valence-corrected chi connectivity index (χ1v) is 7.75. The predicted octanol–water partition coefficient (Wildman–Crippen LogP) is 1.63. The van der Waals surface area contributed by atoms with Gasteiger partial charge in [-0.1, -0.05) is 19.3 Å². The van der Waals surface area contributed by atoms with Gasteiger partial charge in [-0.3, -0.25) is 9.59 Å². The van der Waals surface area contributed by atoms with Crippen LogP contribution in [-0.4, -0.2) is 24.0 Å². The van der Waals surface area contributed by atoms with Gasteiger partial charge in [0.1, 0.15) is 6.10 Å². The Bertz CT molecular complexity index is 414. The summed E-state index contributed by atoms with van der Waals surface area (Å²) in [6.07, 6.45) is 7.98. The molecule has 3 saturated carbocycles. The van der Waals surface area contributed by atoms with Crippen molar-refractivity contribution in [2.75, 3.05) is 0 Å². The van der Waals surface area contributed by atoms with Crippen molar-refractivity contribution in [3.05, 3.63) is 0 Å². The van der Waals surface area contributed by atoms with Crippen molar-refractivity contribution in [2.45, 2.75) is 57.1 Å². The second-order valence-electron chi connectivity index (χ2n) is 6.77. The summed E-state index contributed by atoms with van der Waals surface area (Å²) in [5.74, 6) is 0.501. The molecule has 0 spiro atoms. The fourth-order valence-electron chi connectivity index (χ4n) is 4.91. The van der Waals surface area contributed by atoms with Crippen LogP contribution in [0.4, 0.5) is 0 Å². The van der Waals surface area contributed by atoms with Crippen LogP contribution in [0.3, 0.4) is 0 Å². The monoisotopic (exact) mass is 263 g/mol. The summed E-state index contributed by atoms with van der Waals surface area (Å²) in [4.78, 5) is 24.4. The molecule has 0 aromatic rings. The largest absolute Gasteiger partial charge is 0.462 e. The van der Waals surface area contributed by atoms with Gasteiger partial charge in [-0.15, -0.1) is 0 Å². The summed E-state index contributed by atoms with van der Waals surface area (Å²) >= 11 is 0. The average Bonchev–Trinajstić information content (AvgIpc) is 3.00. The summed E-state index contributed by atoms with van der Waals surface area (Å²) in [7, 11) is 0. The fraction of sp³-hybridized carbons (Fsp3) is 0.867. The van der Waals surface area contributed by atoms with E-state index in [1.54, 1.807) is 0 Å². The van der Waals surface area contributed by atoms with Crippen LogP contribution in [0.2, 0.25) is 0 Å². The average molecular weight is 263 g/mol. The van der Waals surface area contributed by atoms with Crippen LogP contribution in [0.1, 0.15) is 44.9 Å². The molecule has 3 aliphatic carbocycles. The third-order valence-corrected chi connectivity index (χ3v) is 5.74. The van der Waals surface area contributed by atoms with Crippen LogP contribution in [0.15, 0.2) is 0 Å². The van der Waals surface area contributed by atoms with Crippen molar-refractivity contribution < 1.29 is 14.3 Å². The Hall–Kier alpha value is -1.06. The van der Waals surface area contributed by atoms with Gasteiger partial charge in [0.05, 0.1) is 11.8 Å². The van der Waals surface area contributed by atoms with Gasteiger partial charge in [-0.25, -0.2) is 0 Å². The van der Waals surface area contributed by atoms with Gasteiger partial charge in [0.2, 0.25) is 5.91 Å². The minimum absolute atomic E-state index is 0.0989. The van der Waals surface area contributed by atoms with E-state index in [1.165, 1.54) is 19.3 Å². The molecule has 4 aliphatic rings. The zero-order chi connectivity index (χ0) is 13.0. The second kappa shape index (κ2) is 4.22. The summed E-state index contributed by atoms with van der Waals surface area (Å²) in [6, 6.07) is 0.341. The number of hydrogen-bond acceptors (Lipinski definition) is 3. The SMILES string of the molecule is O=C(NC1CCCCC1)[C@@H]1[C@H]2C[C@@H]3[C@@H]1C(=O)O[C@@H]3C2. The van der Waals surface area contributed by atoms with Crippen LogP contribution < -0.4 is 5.32 Å². The van der Waals surface area contributed by atoms with Gasteiger partial charge in [-0.2, -0.15) is 0 Å². The Balaban J connectivity index is 1.47. The molecule has 1 saturated heterocycles. The smallest absolute Gasteiger partial charge is 0.310 e. The second-order valence-corrected chi connectivity index (χ2v) is 6.77. The molecule has 1 aliphatic heterocycles. The number of carbonyl (C=O) groups is 2. The van der Waals surface area contributed by atoms with Crippen LogP contribution in [-0.2, 0) is 14.3 Å².